The summed E-state index contributed by atoms with van der Waals surface area (Å²) in [5, 5.41) is 4.19. The fourth-order valence-electron chi connectivity index (χ4n) is 3.45. The summed E-state index contributed by atoms with van der Waals surface area (Å²) in [5.74, 6) is 2.05. The van der Waals surface area contributed by atoms with E-state index in [2.05, 4.69) is 46.2 Å². The SMILES string of the molecule is C[C@@H](c1cccc(-c2noc(C3CCC3)n2)c1)N1CCCC1. The Morgan fingerprint density at radius 2 is 2.00 bits per heavy atom. The van der Waals surface area contributed by atoms with Crippen LogP contribution in [-0.4, -0.2) is 28.1 Å². The largest absolute Gasteiger partial charge is 0.339 e. The molecule has 4 heteroatoms. The fraction of sp³-hybridized carbons (Fsp3) is 0.556. The minimum absolute atomic E-state index is 0.459. The van der Waals surface area contributed by atoms with Crippen molar-refractivity contribution in [2.45, 2.75) is 51.0 Å². The second-order valence-electron chi connectivity index (χ2n) is 6.63. The highest BCUT2D eigenvalue weighted by molar-refractivity contribution is 5.55. The fourth-order valence-corrected chi connectivity index (χ4v) is 3.45. The van der Waals surface area contributed by atoms with Crippen LogP contribution >= 0.6 is 0 Å². The Kier molecular flexibility index (Phi) is 3.70. The quantitative estimate of drug-likeness (QED) is 0.849. The molecule has 1 atom stereocenters. The Labute approximate surface area is 131 Å². The van der Waals surface area contributed by atoms with E-state index < -0.39 is 0 Å². The van der Waals surface area contributed by atoms with Crippen LogP contribution in [0.1, 0.15) is 62.4 Å². The van der Waals surface area contributed by atoms with Gasteiger partial charge in [-0.2, -0.15) is 4.98 Å². The van der Waals surface area contributed by atoms with E-state index in [9.17, 15) is 0 Å². The van der Waals surface area contributed by atoms with Gasteiger partial charge in [0.2, 0.25) is 11.7 Å². The van der Waals surface area contributed by atoms with Crippen molar-refractivity contribution in [3.8, 4) is 11.4 Å². The van der Waals surface area contributed by atoms with Crippen molar-refractivity contribution in [1.29, 1.82) is 0 Å². The van der Waals surface area contributed by atoms with Crippen LogP contribution in [0.2, 0.25) is 0 Å². The topological polar surface area (TPSA) is 42.2 Å². The summed E-state index contributed by atoms with van der Waals surface area (Å²) < 4.78 is 5.45. The number of likely N-dealkylation sites (tertiary alicyclic amines) is 1. The van der Waals surface area contributed by atoms with Crippen LogP contribution < -0.4 is 0 Å². The first-order valence-electron chi connectivity index (χ1n) is 8.49. The lowest BCUT2D eigenvalue weighted by molar-refractivity contribution is 0.263. The van der Waals surface area contributed by atoms with Gasteiger partial charge in [0.25, 0.3) is 0 Å². The van der Waals surface area contributed by atoms with Crippen LogP contribution in [0, 0.1) is 0 Å². The van der Waals surface area contributed by atoms with Crippen LogP contribution in [0.4, 0.5) is 0 Å². The molecule has 1 aromatic heterocycles. The molecule has 1 aromatic carbocycles. The number of hydrogen-bond donors (Lipinski definition) is 0. The molecule has 4 nitrogen and oxygen atoms in total. The lowest BCUT2D eigenvalue weighted by atomic mass is 9.85. The van der Waals surface area contributed by atoms with Gasteiger partial charge in [0.1, 0.15) is 0 Å². The molecule has 0 spiro atoms. The Morgan fingerprint density at radius 1 is 1.18 bits per heavy atom. The van der Waals surface area contributed by atoms with E-state index in [4.69, 9.17) is 4.52 Å². The predicted octanol–water partition coefficient (Wildman–Crippen LogP) is 4.16. The molecular weight excluding hydrogens is 274 g/mol. The maximum absolute atomic E-state index is 5.45. The maximum Gasteiger partial charge on any atom is 0.230 e. The van der Waals surface area contributed by atoms with Gasteiger partial charge in [-0.1, -0.05) is 29.8 Å². The third-order valence-electron chi connectivity index (χ3n) is 5.21. The average molecular weight is 297 g/mol. The predicted molar refractivity (Wildman–Crippen MR) is 85.5 cm³/mol. The van der Waals surface area contributed by atoms with Gasteiger partial charge in [0.15, 0.2) is 0 Å². The van der Waals surface area contributed by atoms with Crippen LogP contribution in [0.5, 0.6) is 0 Å². The zero-order valence-electron chi connectivity index (χ0n) is 13.2. The lowest BCUT2D eigenvalue weighted by Crippen LogP contribution is -2.23. The number of aromatic nitrogens is 2. The second-order valence-corrected chi connectivity index (χ2v) is 6.63. The van der Waals surface area contributed by atoms with Gasteiger partial charge in [-0.15, -0.1) is 0 Å². The van der Waals surface area contributed by atoms with Gasteiger partial charge in [0, 0.05) is 17.5 Å². The summed E-state index contributed by atoms with van der Waals surface area (Å²) in [6.45, 7) is 4.71. The smallest absolute Gasteiger partial charge is 0.230 e. The first-order valence-corrected chi connectivity index (χ1v) is 8.49. The zero-order valence-corrected chi connectivity index (χ0v) is 13.2. The van der Waals surface area contributed by atoms with Crippen molar-refractivity contribution < 1.29 is 4.52 Å². The Hall–Kier alpha value is -1.68. The summed E-state index contributed by atoms with van der Waals surface area (Å²) in [6, 6.07) is 9.07. The van der Waals surface area contributed by atoms with Crippen LogP contribution in [0.15, 0.2) is 28.8 Å². The molecule has 1 aliphatic carbocycles. The third kappa shape index (κ3) is 2.56. The van der Waals surface area contributed by atoms with Crippen molar-refractivity contribution in [1.82, 2.24) is 15.0 Å². The Morgan fingerprint density at radius 3 is 2.73 bits per heavy atom. The maximum atomic E-state index is 5.45. The van der Waals surface area contributed by atoms with Gasteiger partial charge < -0.3 is 4.52 Å². The molecular formula is C18H23N3O. The minimum Gasteiger partial charge on any atom is -0.339 e. The van der Waals surface area contributed by atoms with Crippen LogP contribution in [0.25, 0.3) is 11.4 Å². The third-order valence-corrected chi connectivity index (χ3v) is 5.21. The molecule has 1 aliphatic heterocycles. The van der Waals surface area contributed by atoms with E-state index >= 15 is 0 Å². The molecule has 0 bridgehead atoms. The summed E-state index contributed by atoms with van der Waals surface area (Å²) in [7, 11) is 0. The summed E-state index contributed by atoms with van der Waals surface area (Å²) in [5.41, 5.74) is 2.41. The van der Waals surface area contributed by atoms with E-state index in [1.54, 1.807) is 0 Å². The first-order chi connectivity index (χ1) is 10.8. The van der Waals surface area contributed by atoms with Crippen LogP contribution in [-0.2, 0) is 0 Å². The van der Waals surface area contributed by atoms with Crippen molar-refractivity contribution in [2.24, 2.45) is 0 Å². The van der Waals surface area contributed by atoms with E-state index in [0.29, 0.717) is 12.0 Å². The van der Waals surface area contributed by atoms with E-state index in [1.807, 2.05) is 0 Å². The standard InChI is InChI=1S/C18H23N3O/c1-13(21-10-2-3-11-21)15-8-5-9-16(12-15)17-19-18(22-20-17)14-6-4-7-14/h5,8-9,12-14H,2-4,6-7,10-11H2,1H3/t13-/m0/s1. The summed E-state index contributed by atoms with van der Waals surface area (Å²) >= 11 is 0. The van der Waals surface area contributed by atoms with Crippen molar-refractivity contribution in [3.05, 3.63) is 35.7 Å². The van der Waals surface area contributed by atoms with Gasteiger partial charge in [-0.05, 0) is 57.3 Å². The molecule has 0 radical (unpaired) electrons. The van der Waals surface area contributed by atoms with E-state index in [-0.39, 0.29) is 0 Å². The molecule has 0 amide bonds. The van der Waals surface area contributed by atoms with E-state index in [0.717, 1.165) is 17.3 Å². The average Bonchev–Trinajstić information content (AvgIpc) is 3.16. The Balaban J connectivity index is 1.56. The first kappa shape index (κ1) is 13.9. The molecule has 2 aromatic rings. The van der Waals surface area contributed by atoms with Gasteiger partial charge in [-0.25, -0.2) is 0 Å². The molecule has 0 N–H and O–H groups in total. The van der Waals surface area contributed by atoms with Gasteiger partial charge in [0.05, 0.1) is 0 Å². The molecule has 4 rings (SSSR count). The second kappa shape index (κ2) is 5.84. The highest BCUT2D eigenvalue weighted by atomic mass is 16.5. The van der Waals surface area contributed by atoms with E-state index in [1.165, 1.54) is 50.8 Å². The molecule has 2 heterocycles. The number of benzene rings is 1. The Bertz CT molecular complexity index is 641. The molecule has 116 valence electrons. The molecule has 1 saturated carbocycles. The molecule has 22 heavy (non-hydrogen) atoms. The summed E-state index contributed by atoms with van der Waals surface area (Å²) in [6.07, 6.45) is 6.30. The van der Waals surface area contributed by atoms with Gasteiger partial charge in [-0.3, -0.25) is 4.90 Å². The molecule has 0 unspecified atom stereocenters. The molecule has 2 fully saturated rings. The lowest BCUT2D eigenvalue weighted by Gasteiger charge is -2.24. The minimum atomic E-state index is 0.459. The van der Waals surface area contributed by atoms with Crippen molar-refractivity contribution in [3.63, 3.8) is 0 Å². The van der Waals surface area contributed by atoms with Gasteiger partial charge >= 0.3 is 0 Å². The van der Waals surface area contributed by atoms with Crippen LogP contribution in [0.3, 0.4) is 0 Å². The highest BCUT2D eigenvalue weighted by Gasteiger charge is 2.26. The molecule has 1 saturated heterocycles. The summed E-state index contributed by atoms with van der Waals surface area (Å²) in [4.78, 5) is 7.16. The van der Waals surface area contributed by atoms with Crippen molar-refractivity contribution >= 4 is 0 Å². The number of hydrogen-bond acceptors (Lipinski definition) is 4. The number of nitrogens with zero attached hydrogens (tertiary/aromatic N) is 3. The number of rotatable bonds is 4. The normalized spacial score (nSPS) is 21.0. The monoisotopic (exact) mass is 297 g/mol. The highest BCUT2D eigenvalue weighted by Crippen LogP contribution is 2.36. The molecule has 2 aliphatic rings. The van der Waals surface area contributed by atoms with Crippen molar-refractivity contribution in [2.75, 3.05) is 13.1 Å². The zero-order chi connectivity index (χ0) is 14.9.